The highest BCUT2D eigenvalue weighted by molar-refractivity contribution is 7.16. The number of ether oxygens (including phenoxy) is 2. The molecule has 116 valence electrons. The van der Waals surface area contributed by atoms with Gasteiger partial charge in [-0.3, -0.25) is 4.90 Å². The van der Waals surface area contributed by atoms with Gasteiger partial charge in [0.25, 0.3) is 0 Å². The summed E-state index contributed by atoms with van der Waals surface area (Å²) in [6, 6.07) is 0. The number of carbonyl (C=O) groups is 1. The Balaban J connectivity index is 2.36. The summed E-state index contributed by atoms with van der Waals surface area (Å²) >= 11 is 1.57. The first kappa shape index (κ1) is 16.0. The zero-order valence-corrected chi connectivity index (χ0v) is 13.7. The lowest BCUT2D eigenvalue weighted by Gasteiger charge is -2.25. The third-order valence-corrected chi connectivity index (χ3v) is 4.65. The highest BCUT2D eigenvalue weighted by Crippen LogP contribution is 2.39. The Labute approximate surface area is 129 Å². The van der Waals surface area contributed by atoms with E-state index >= 15 is 0 Å². The second-order valence-electron chi connectivity index (χ2n) is 4.71. The average Bonchev–Trinajstić information content (AvgIpc) is 2.85. The minimum absolute atomic E-state index is 0.281. The number of aliphatic imine (C=N–C) groups is 1. The fraction of sp³-hybridized carbons (Fsp3) is 0.600. The van der Waals surface area contributed by atoms with Crippen LogP contribution >= 0.6 is 11.3 Å². The summed E-state index contributed by atoms with van der Waals surface area (Å²) in [6.07, 6.45) is 2.38. The van der Waals surface area contributed by atoms with E-state index < -0.39 is 0 Å². The Morgan fingerprint density at radius 1 is 1.38 bits per heavy atom. The molecule has 0 spiro atoms. The van der Waals surface area contributed by atoms with E-state index in [9.17, 15) is 4.79 Å². The number of likely N-dealkylation sites (N-methyl/N-ethyl adjacent to an activating group) is 1. The van der Waals surface area contributed by atoms with Crippen molar-refractivity contribution in [2.75, 3.05) is 26.3 Å². The first-order chi connectivity index (χ1) is 10.2. The molecule has 0 saturated carbocycles. The molecule has 0 bridgehead atoms. The van der Waals surface area contributed by atoms with Gasteiger partial charge in [-0.1, -0.05) is 6.92 Å². The normalized spacial score (nSPS) is 15.2. The standard InChI is InChI=1S/C15H22N2O3S/c1-4-17-8-7-12-11(9-17)13(15(18)20-6-3)14(21-12)16-10-19-5-2/h10H,4-9H2,1-3H3/b16-10+. The maximum Gasteiger partial charge on any atom is 0.341 e. The van der Waals surface area contributed by atoms with Crippen LogP contribution in [0.25, 0.3) is 0 Å². The Morgan fingerprint density at radius 2 is 2.19 bits per heavy atom. The van der Waals surface area contributed by atoms with Crippen LogP contribution in [0, 0.1) is 0 Å². The second-order valence-corrected chi connectivity index (χ2v) is 5.80. The van der Waals surface area contributed by atoms with Crippen LogP contribution in [0.3, 0.4) is 0 Å². The predicted octanol–water partition coefficient (Wildman–Crippen LogP) is 3.00. The lowest BCUT2D eigenvalue weighted by molar-refractivity contribution is 0.0525. The van der Waals surface area contributed by atoms with Crippen LogP contribution in [0.5, 0.6) is 0 Å². The third kappa shape index (κ3) is 3.63. The number of thiophene rings is 1. The van der Waals surface area contributed by atoms with E-state index in [0.717, 1.165) is 31.6 Å². The van der Waals surface area contributed by atoms with Crippen molar-refractivity contribution in [3.05, 3.63) is 16.0 Å². The molecule has 0 N–H and O–H groups in total. The van der Waals surface area contributed by atoms with Crippen LogP contribution in [0.4, 0.5) is 5.00 Å². The van der Waals surface area contributed by atoms with Crippen LogP contribution in [0.15, 0.2) is 4.99 Å². The first-order valence-electron chi connectivity index (χ1n) is 7.39. The summed E-state index contributed by atoms with van der Waals surface area (Å²) < 4.78 is 10.4. The number of esters is 1. The van der Waals surface area contributed by atoms with E-state index in [4.69, 9.17) is 9.47 Å². The van der Waals surface area contributed by atoms with Crippen molar-refractivity contribution in [3.8, 4) is 0 Å². The summed E-state index contributed by atoms with van der Waals surface area (Å²) in [5, 5.41) is 0.699. The van der Waals surface area contributed by atoms with Crippen LogP contribution in [-0.2, 0) is 22.4 Å². The molecule has 0 unspecified atom stereocenters. The van der Waals surface area contributed by atoms with Gasteiger partial charge in [0.15, 0.2) is 6.40 Å². The molecule has 2 heterocycles. The van der Waals surface area contributed by atoms with Gasteiger partial charge >= 0.3 is 5.97 Å². The van der Waals surface area contributed by atoms with E-state index in [1.54, 1.807) is 11.3 Å². The highest BCUT2D eigenvalue weighted by atomic mass is 32.1. The number of carbonyl (C=O) groups excluding carboxylic acids is 1. The van der Waals surface area contributed by atoms with Gasteiger partial charge in [-0.25, -0.2) is 9.79 Å². The van der Waals surface area contributed by atoms with Crippen molar-refractivity contribution in [2.24, 2.45) is 4.99 Å². The molecular weight excluding hydrogens is 288 g/mol. The Bertz CT molecular complexity index is 525. The largest absolute Gasteiger partial charge is 0.483 e. The van der Waals surface area contributed by atoms with E-state index in [1.165, 1.54) is 11.3 Å². The monoisotopic (exact) mass is 310 g/mol. The Morgan fingerprint density at radius 3 is 2.86 bits per heavy atom. The van der Waals surface area contributed by atoms with E-state index in [2.05, 4.69) is 16.8 Å². The number of hydrogen-bond acceptors (Lipinski definition) is 6. The van der Waals surface area contributed by atoms with Crippen molar-refractivity contribution >= 4 is 28.7 Å². The number of rotatable bonds is 6. The van der Waals surface area contributed by atoms with Crippen LogP contribution in [-0.4, -0.2) is 43.6 Å². The molecule has 0 aromatic carbocycles. The summed E-state index contributed by atoms with van der Waals surface area (Å²) in [5.74, 6) is -0.281. The highest BCUT2D eigenvalue weighted by Gasteiger charge is 2.28. The summed E-state index contributed by atoms with van der Waals surface area (Å²) in [5.41, 5.74) is 1.70. The minimum Gasteiger partial charge on any atom is -0.483 e. The van der Waals surface area contributed by atoms with Gasteiger partial charge in [0.1, 0.15) is 10.6 Å². The Hall–Kier alpha value is -1.40. The smallest absolute Gasteiger partial charge is 0.341 e. The summed E-state index contributed by atoms with van der Waals surface area (Å²) in [6.45, 7) is 9.59. The topological polar surface area (TPSA) is 51.1 Å². The molecule has 0 amide bonds. The first-order valence-corrected chi connectivity index (χ1v) is 8.20. The van der Waals surface area contributed by atoms with Gasteiger partial charge in [0.05, 0.1) is 13.2 Å². The lowest BCUT2D eigenvalue weighted by atomic mass is 10.0. The maximum absolute atomic E-state index is 12.3. The van der Waals surface area contributed by atoms with Crippen molar-refractivity contribution in [2.45, 2.75) is 33.7 Å². The fourth-order valence-electron chi connectivity index (χ4n) is 2.36. The molecule has 21 heavy (non-hydrogen) atoms. The molecule has 5 nitrogen and oxygen atoms in total. The second kappa shape index (κ2) is 7.56. The van der Waals surface area contributed by atoms with Crippen LogP contribution in [0.1, 0.15) is 41.6 Å². The van der Waals surface area contributed by atoms with Gasteiger partial charge in [-0.05, 0) is 32.4 Å². The molecule has 6 heteroatoms. The molecule has 0 fully saturated rings. The molecule has 0 saturated heterocycles. The van der Waals surface area contributed by atoms with E-state index in [1.807, 2.05) is 13.8 Å². The molecule has 1 aromatic heterocycles. The molecule has 0 radical (unpaired) electrons. The van der Waals surface area contributed by atoms with E-state index in [-0.39, 0.29) is 5.97 Å². The van der Waals surface area contributed by atoms with Gasteiger partial charge in [0, 0.05) is 18.0 Å². The third-order valence-electron chi connectivity index (χ3n) is 3.45. The number of fused-ring (bicyclic) bond motifs is 1. The van der Waals surface area contributed by atoms with Crippen molar-refractivity contribution in [3.63, 3.8) is 0 Å². The summed E-state index contributed by atoms with van der Waals surface area (Å²) in [7, 11) is 0. The maximum atomic E-state index is 12.3. The molecular formula is C15H22N2O3S. The quantitative estimate of drug-likeness (QED) is 0.460. The van der Waals surface area contributed by atoms with Crippen molar-refractivity contribution in [1.29, 1.82) is 0 Å². The molecule has 1 aromatic rings. The molecule has 0 atom stereocenters. The van der Waals surface area contributed by atoms with Crippen molar-refractivity contribution < 1.29 is 14.3 Å². The van der Waals surface area contributed by atoms with Crippen LogP contribution in [0.2, 0.25) is 0 Å². The molecule has 1 aliphatic rings. The minimum atomic E-state index is -0.281. The van der Waals surface area contributed by atoms with Crippen molar-refractivity contribution in [1.82, 2.24) is 4.90 Å². The molecule has 1 aliphatic heterocycles. The lowest BCUT2D eigenvalue weighted by Crippen LogP contribution is -2.30. The SMILES string of the molecule is CCO/C=N/c1sc2c(c1C(=O)OCC)CN(CC)CC2. The zero-order valence-electron chi connectivity index (χ0n) is 12.8. The van der Waals surface area contributed by atoms with Gasteiger partial charge in [0.2, 0.25) is 0 Å². The van der Waals surface area contributed by atoms with Gasteiger partial charge in [-0.2, -0.15) is 0 Å². The van der Waals surface area contributed by atoms with E-state index in [0.29, 0.717) is 23.8 Å². The molecule has 2 rings (SSSR count). The predicted molar refractivity (Wildman–Crippen MR) is 84.7 cm³/mol. The van der Waals surface area contributed by atoms with Gasteiger partial charge < -0.3 is 9.47 Å². The Kier molecular flexibility index (Phi) is 5.76. The molecule has 0 aliphatic carbocycles. The zero-order chi connectivity index (χ0) is 15.2. The fourth-order valence-corrected chi connectivity index (χ4v) is 3.48. The number of nitrogens with zero attached hydrogens (tertiary/aromatic N) is 2. The summed E-state index contributed by atoms with van der Waals surface area (Å²) in [4.78, 5) is 20.2. The number of hydrogen-bond donors (Lipinski definition) is 0. The van der Waals surface area contributed by atoms with Gasteiger partial charge in [-0.15, -0.1) is 11.3 Å². The van der Waals surface area contributed by atoms with Crippen LogP contribution < -0.4 is 0 Å². The average molecular weight is 310 g/mol.